The number of amides is 1. The van der Waals surface area contributed by atoms with Gasteiger partial charge in [-0.2, -0.15) is 5.26 Å². The molecule has 1 aromatic carbocycles. The topological polar surface area (TPSA) is 81.5 Å². The average Bonchev–Trinajstić information content (AvgIpc) is 2.77. The molecule has 3 heterocycles. The van der Waals surface area contributed by atoms with Crippen LogP contribution in [0.3, 0.4) is 0 Å². The molecule has 3 atom stereocenters. The van der Waals surface area contributed by atoms with Gasteiger partial charge < -0.3 is 19.9 Å². The monoisotopic (exact) mass is 407 g/mol. The lowest BCUT2D eigenvalue weighted by Gasteiger charge is -2.38. The molecule has 2 fully saturated rings. The van der Waals surface area contributed by atoms with Gasteiger partial charge in [0.15, 0.2) is 6.10 Å². The van der Waals surface area contributed by atoms with E-state index in [1.807, 2.05) is 25.1 Å². The number of nitrogens with one attached hydrogen (secondary N) is 1. The van der Waals surface area contributed by atoms with E-state index in [4.69, 9.17) is 4.74 Å². The van der Waals surface area contributed by atoms with Crippen molar-refractivity contribution in [2.24, 2.45) is 0 Å². The van der Waals surface area contributed by atoms with Crippen LogP contribution in [-0.4, -0.2) is 67.3 Å². The summed E-state index contributed by atoms with van der Waals surface area (Å²) in [7, 11) is 2.13. The molecule has 7 nitrogen and oxygen atoms in total. The number of rotatable bonds is 4. The van der Waals surface area contributed by atoms with E-state index < -0.39 is 6.10 Å². The van der Waals surface area contributed by atoms with Crippen molar-refractivity contribution in [3.8, 4) is 6.07 Å². The molecule has 1 amide bonds. The van der Waals surface area contributed by atoms with E-state index in [2.05, 4.69) is 33.2 Å². The standard InChI is InChI=1S/C23H29N5O2/c1-16-14-28(20-9-8-17(12-24)22-19(20)7-5-10-25-22)15-21(30-16)23(29)26-13-18-6-3-4-11-27(18)2/h5,7-10,16,18,21H,3-4,6,11,13-15H2,1-2H3,(H,26,29)/t16-,18?,21-/m1/s1. The number of carbonyl (C=O) groups is 1. The van der Waals surface area contributed by atoms with Gasteiger partial charge in [0.1, 0.15) is 6.07 Å². The molecule has 0 radical (unpaired) electrons. The van der Waals surface area contributed by atoms with Crippen molar-refractivity contribution in [2.45, 2.75) is 44.4 Å². The van der Waals surface area contributed by atoms with Gasteiger partial charge in [0.25, 0.3) is 5.91 Å². The van der Waals surface area contributed by atoms with E-state index in [0.717, 1.165) is 24.0 Å². The number of ether oxygens (including phenoxy) is 1. The van der Waals surface area contributed by atoms with Crippen LogP contribution >= 0.6 is 0 Å². The molecule has 1 N–H and O–H groups in total. The number of carbonyl (C=O) groups excluding carboxylic acids is 1. The molecule has 30 heavy (non-hydrogen) atoms. The summed E-state index contributed by atoms with van der Waals surface area (Å²) in [6.07, 6.45) is 4.67. The first-order valence-electron chi connectivity index (χ1n) is 10.7. The lowest BCUT2D eigenvalue weighted by molar-refractivity contribution is -0.137. The molecular weight excluding hydrogens is 378 g/mol. The second kappa shape index (κ2) is 8.99. The van der Waals surface area contributed by atoms with E-state index in [9.17, 15) is 10.1 Å². The van der Waals surface area contributed by atoms with Crippen molar-refractivity contribution in [2.75, 3.05) is 38.1 Å². The highest BCUT2D eigenvalue weighted by atomic mass is 16.5. The molecule has 0 spiro atoms. The highest BCUT2D eigenvalue weighted by Gasteiger charge is 2.32. The molecule has 2 aromatic rings. The summed E-state index contributed by atoms with van der Waals surface area (Å²) < 4.78 is 5.99. The summed E-state index contributed by atoms with van der Waals surface area (Å²) in [5, 5.41) is 13.4. The molecule has 2 saturated heterocycles. The van der Waals surface area contributed by atoms with Gasteiger partial charge >= 0.3 is 0 Å². The average molecular weight is 408 g/mol. The Balaban J connectivity index is 1.49. The van der Waals surface area contributed by atoms with E-state index in [1.165, 1.54) is 12.8 Å². The van der Waals surface area contributed by atoms with Crippen LogP contribution in [0.4, 0.5) is 5.69 Å². The van der Waals surface area contributed by atoms with Crippen molar-refractivity contribution in [3.63, 3.8) is 0 Å². The molecule has 2 aliphatic heterocycles. The highest BCUT2D eigenvalue weighted by Crippen LogP contribution is 2.30. The molecule has 1 unspecified atom stereocenters. The summed E-state index contributed by atoms with van der Waals surface area (Å²) in [4.78, 5) is 21.8. The second-order valence-corrected chi connectivity index (χ2v) is 8.36. The van der Waals surface area contributed by atoms with Crippen LogP contribution in [0.15, 0.2) is 30.5 Å². The summed E-state index contributed by atoms with van der Waals surface area (Å²) in [5.41, 5.74) is 2.23. The molecule has 7 heteroatoms. The van der Waals surface area contributed by atoms with Crippen LogP contribution in [0.25, 0.3) is 10.9 Å². The number of hydrogen-bond acceptors (Lipinski definition) is 6. The number of piperidine rings is 1. The largest absolute Gasteiger partial charge is 0.365 e. The Morgan fingerprint density at radius 3 is 3.00 bits per heavy atom. The summed E-state index contributed by atoms with van der Waals surface area (Å²) >= 11 is 0. The zero-order valence-corrected chi connectivity index (χ0v) is 17.7. The fraction of sp³-hybridized carbons (Fsp3) is 0.522. The number of fused-ring (bicyclic) bond motifs is 1. The van der Waals surface area contributed by atoms with E-state index in [0.29, 0.717) is 36.8 Å². The summed E-state index contributed by atoms with van der Waals surface area (Å²) in [5.74, 6) is -0.0541. The zero-order valence-electron chi connectivity index (χ0n) is 17.7. The van der Waals surface area contributed by atoms with Crippen molar-refractivity contribution >= 4 is 22.5 Å². The van der Waals surface area contributed by atoms with Crippen LogP contribution < -0.4 is 10.2 Å². The molecule has 2 aliphatic rings. The molecular formula is C23H29N5O2. The first-order valence-corrected chi connectivity index (χ1v) is 10.7. The third-order valence-corrected chi connectivity index (χ3v) is 6.19. The van der Waals surface area contributed by atoms with Crippen molar-refractivity contribution in [3.05, 3.63) is 36.0 Å². The maximum absolute atomic E-state index is 12.9. The Kier molecular flexibility index (Phi) is 6.16. The first-order chi connectivity index (χ1) is 14.6. The van der Waals surface area contributed by atoms with E-state index in [-0.39, 0.29) is 12.0 Å². The number of likely N-dealkylation sites (N-methyl/N-ethyl adjacent to an activating group) is 1. The van der Waals surface area contributed by atoms with Crippen molar-refractivity contribution < 1.29 is 9.53 Å². The number of likely N-dealkylation sites (tertiary alicyclic amines) is 1. The quantitative estimate of drug-likeness (QED) is 0.838. The van der Waals surface area contributed by atoms with Crippen LogP contribution in [0, 0.1) is 11.3 Å². The predicted molar refractivity (Wildman–Crippen MR) is 116 cm³/mol. The molecule has 0 saturated carbocycles. The number of aromatic nitrogens is 1. The fourth-order valence-corrected chi connectivity index (χ4v) is 4.55. The Morgan fingerprint density at radius 1 is 1.33 bits per heavy atom. The van der Waals surface area contributed by atoms with Crippen molar-refractivity contribution in [1.29, 1.82) is 5.26 Å². The minimum Gasteiger partial charge on any atom is -0.365 e. The predicted octanol–water partition coefficient (Wildman–Crippen LogP) is 2.30. The number of hydrogen-bond donors (Lipinski definition) is 1. The van der Waals surface area contributed by atoms with Crippen LogP contribution in [0.2, 0.25) is 0 Å². The molecule has 0 bridgehead atoms. The normalized spacial score (nSPS) is 25.1. The lowest BCUT2D eigenvalue weighted by Crippen LogP contribution is -2.54. The number of morpholine rings is 1. The van der Waals surface area contributed by atoms with E-state index in [1.54, 1.807) is 12.3 Å². The van der Waals surface area contributed by atoms with Gasteiger partial charge in [-0.1, -0.05) is 6.42 Å². The fourth-order valence-electron chi connectivity index (χ4n) is 4.55. The third kappa shape index (κ3) is 4.25. The summed E-state index contributed by atoms with van der Waals surface area (Å²) in [6.45, 7) is 4.90. The number of nitriles is 1. The number of nitrogens with zero attached hydrogens (tertiary/aromatic N) is 4. The maximum atomic E-state index is 12.9. The lowest BCUT2D eigenvalue weighted by atomic mass is 10.0. The van der Waals surface area contributed by atoms with Crippen LogP contribution in [0.5, 0.6) is 0 Å². The minimum atomic E-state index is -0.523. The van der Waals surface area contributed by atoms with E-state index >= 15 is 0 Å². The zero-order chi connectivity index (χ0) is 21.1. The Bertz CT molecular complexity index is 956. The Morgan fingerprint density at radius 2 is 2.20 bits per heavy atom. The van der Waals surface area contributed by atoms with Crippen molar-refractivity contribution in [1.82, 2.24) is 15.2 Å². The van der Waals surface area contributed by atoms with Crippen LogP contribution in [0.1, 0.15) is 31.7 Å². The minimum absolute atomic E-state index is 0.0541. The maximum Gasteiger partial charge on any atom is 0.251 e. The molecule has 1 aromatic heterocycles. The molecule has 0 aliphatic carbocycles. The van der Waals surface area contributed by atoms with Gasteiger partial charge in [-0.3, -0.25) is 9.78 Å². The number of benzene rings is 1. The van der Waals surface area contributed by atoms with Gasteiger partial charge in [0.2, 0.25) is 0 Å². The smallest absolute Gasteiger partial charge is 0.251 e. The first kappa shape index (κ1) is 20.6. The molecule has 158 valence electrons. The SMILES string of the molecule is C[C@@H]1CN(c2ccc(C#N)c3ncccc23)C[C@H](C(=O)NCC2CCCCN2C)O1. The molecule has 4 rings (SSSR count). The van der Waals surface area contributed by atoms with Gasteiger partial charge in [0.05, 0.1) is 23.7 Å². The number of pyridine rings is 1. The Hall–Kier alpha value is -2.69. The summed E-state index contributed by atoms with van der Waals surface area (Å²) in [6, 6.07) is 10.2. The third-order valence-electron chi connectivity index (χ3n) is 6.19. The van der Waals surface area contributed by atoms with Gasteiger partial charge in [-0.15, -0.1) is 0 Å². The number of anilines is 1. The van der Waals surface area contributed by atoms with Gasteiger partial charge in [-0.05, 0) is 57.6 Å². The Labute approximate surface area is 177 Å². The second-order valence-electron chi connectivity index (χ2n) is 8.36. The van der Waals surface area contributed by atoms with Gasteiger partial charge in [0, 0.05) is 36.4 Å². The van der Waals surface area contributed by atoms with Gasteiger partial charge in [-0.25, -0.2) is 0 Å². The highest BCUT2D eigenvalue weighted by molar-refractivity contribution is 5.95. The van der Waals surface area contributed by atoms with Crippen LogP contribution in [-0.2, 0) is 9.53 Å².